The summed E-state index contributed by atoms with van der Waals surface area (Å²) in [4.78, 5) is 22.4. The van der Waals surface area contributed by atoms with E-state index in [-0.39, 0.29) is 6.61 Å². The van der Waals surface area contributed by atoms with Gasteiger partial charge in [-0.2, -0.15) is 0 Å². The van der Waals surface area contributed by atoms with E-state index in [1.54, 1.807) is 24.3 Å². The molecule has 1 aliphatic rings. The van der Waals surface area contributed by atoms with Crippen LogP contribution >= 0.6 is 0 Å². The van der Waals surface area contributed by atoms with Crippen LogP contribution in [0.15, 0.2) is 30.3 Å². The van der Waals surface area contributed by atoms with Crippen LogP contribution in [0, 0.1) is 0 Å². The molecule has 1 saturated heterocycles. The van der Waals surface area contributed by atoms with E-state index in [0.29, 0.717) is 0 Å². The van der Waals surface area contributed by atoms with E-state index in [4.69, 9.17) is 9.47 Å². The number of hydrogen-bond donors (Lipinski definition) is 4. The monoisotopic (exact) mass is 325 g/mol. The summed E-state index contributed by atoms with van der Waals surface area (Å²) in [6.07, 6.45) is -5.87. The second kappa shape index (κ2) is 7.51. The van der Waals surface area contributed by atoms with Crippen LogP contribution in [0.3, 0.4) is 0 Å². The number of carbonyl (C=O) groups is 2. The second-order valence-corrected chi connectivity index (χ2v) is 5.26. The number of amides is 1. The van der Waals surface area contributed by atoms with Crippen LogP contribution in [0.2, 0.25) is 0 Å². The second-order valence-electron chi connectivity index (χ2n) is 5.26. The summed E-state index contributed by atoms with van der Waals surface area (Å²) in [7, 11) is 0. The van der Waals surface area contributed by atoms with Crippen molar-refractivity contribution in [2.45, 2.75) is 44.2 Å². The van der Waals surface area contributed by atoms with Gasteiger partial charge in [0.1, 0.15) is 18.2 Å². The van der Waals surface area contributed by atoms with E-state index in [0.717, 1.165) is 5.56 Å². The van der Waals surface area contributed by atoms with E-state index < -0.39 is 42.5 Å². The van der Waals surface area contributed by atoms with Gasteiger partial charge < -0.3 is 30.1 Å². The smallest absolute Gasteiger partial charge is 0.335 e. The molecule has 126 valence electrons. The summed E-state index contributed by atoms with van der Waals surface area (Å²) in [5.41, 5.74) is 0.783. The molecule has 1 aliphatic heterocycles. The van der Waals surface area contributed by atoms with Gasteiger partial charge in [0.25, 0.3) is 0 Å². The molecule has 0 saturated carbocycles. The summed E-state index contributed by atoms with van der Waals surface area (Å²) in [5, 5.41) is 31.6. The molecule has 8 nitrogen and oxygen atoms in total. The lowest BCUT2D eigenvalue weighted by Gasteiger charge is -2.41. The van der Waals surface area contributed by atoms with E-state index in [9.17, 15) is 24.9 Å². The van der Waals surface area contributed by atoms with Gasteiger partial charge in [0.2, 0.25) is 5.91 Å². The summed E-state index contributed by atoms with van der Waals surface area (Å²) < 4.78 is 10.5. The molecule has 0 spiro atoms. The Bertz CT molecular complexity index is 550. The predicted molar refractivity (Wildman–Crippen MR) is 77.1 cm³/mol. The molecule has 23 heavy (non-hydrogen) atoms. The van der Waals surface area contributed by atoms with Crippen LogP contribution in [-0.2, 0) is 25.7 Å². The molecule has 1 amide bonds. The summed E-state index contributed by atoms with van der Waals surface area (Å²) >= 11 is 0. The van der Waals surface area contributed by atoms with Crippen molar-refractivity contribution in [2.24, 2.45) is 0 Å². The normalized spacial score (nSPS) is 30.7. The highest BCUT2D eigenvalue weighted by Crippen LogP contribution is 2.24. The highest BCUT2D eigenvalue weighted by atomic mass is 16.6. The molecule has 2 rings (SSSR count). The van der Waals surface area contributed by atoms with Gasteiger partial charge in [-0.25, -0.2) is 4.79 Å². The van der Waals surface area contributed by atoms with Gasteiger partial charge in [-0.05, 0) is 5.56 Å². The molecule has 1 aromatic carbocycles. The molecule has 1 heterocycles. The quantitative estimate of drug-likeness (QED) is 0.560. The third kappa shape index (κ3) is 4.26. The van der Waals surface area contributed by atoms with Crippen LogP contribution < -0.4 is 5.32 Å². The molecule has 1 aromatic rings. The average Bonchev–Trinajstić information content (AvgIpc) is 2.50. The Kier molecular flexibility index (Phi) is 5.67. The number of hydrogen-bond acceptors (Lipinski definition) is 6. The number of aliphatic hydroxyl groups is 2. The summed E-state index contributed by atoms with van der Waals surface area (Å²) in [6.45, 7) is 1.27. The van der Waals surface area contributed by atoms with Crippen LogP contribution in [0.1, 0.15) is 12.5 Å². The van der Waals surface area contributed by atoms with Crippen LogP contribution in [0.25, 0.3) is 0 Å². The van der Waals surface area contributed by atoms with Gasteiger partial charge in [-0.1, -0.05) is 30.3 Å². The maximum absolute atomic E-state index is 11.3. The van der Waals surface area contributed by atoms with Crippen LogP contribution in [0.5, 0.6) is 0 Å². The van der Waals surface area contributed by atoms with Crippen molar-refractivity contribution < 1.29 is 34.4 Å². The molecule has 0 bridgehead atoms. The molecule has 0 aliphatic carbocycles. The fraction of sp³-hybridized carbons (Fsp3) is 0.467. The fourth-order valence-corrected chi connectivity index (χ4v) is 2.41. The molecule has 1 fully saturated rings. The number of aliphatic hydroxyl groups excluding tert-OH is 2. The first-order chi connectivity index (χ1) is 10.9. The zero-order chi connectivity index (χ0) is 17.0. The number of rotatable bonds is 5. The van der Waals surface area contributed by atoms with Gasteiger partial charge >= 0.3 is 5.97 Å². The molecule has 0 radical (unpaired) electrons. The first-order valence-corrected chi connectivity index (χ1v) is 7.07. The van der Waals surface area contributed by atoms with Crippen LogP contribution in [-0.4, -0.2) is 57.8 Å². The maximum Gasteiger partial charge on any atom is 0.335 e. The minimum absolute atomic E-state index is 0.0542. The van der Waals surface area contributed by atoms with Gasteiger partial charge in [0.05, 0.1) is 6.61 Å². The zero-order valence-corrected chi connectivity index (χ0v) is 12.5. The number of ether oxygens (including phenoxy) is 2. The Hall–Kier alpha value is -2.00. The summed E-state index contributed by atoms with van der Waals surface area (Å²) in [5.74, 6) is -1.87. The lowest BCUT2D eigenvalue weighted by Crippen LogP contribution is -2.65. The average molecular weight is 325 g/mol. The van der Waals surface area contributed by atoms with Crippen molar-refractivity contribution in [2.75, 3.05) is 0 Å². The minimum atomic E-state index is -1.65. The number of carboxylic acid groups (broad SMARTS) is 1. The standard InChI is InChI=1S/C15H19NO7/c1-8(17)16-10-11(18)12(13(14(19)20)23-15(10)21)22-7-9-5-3-2-4-6-9/h2-6,10-13,15,18,21H,7H2,1H3,(H,16,17)(H,19,20). The Balaban J connectivity index is 2.13. The molecule has 8 heteroatoms. The highest BCUT2D eigenvalue weighted by molar-refractivity contribution is 5.74. The van der Waals surface area contributed by atoms with Crippen LogP contribution in [0.4, 0.5) is 0 Å². The topological polar surface area (TPSA) is 125 Å². The van der Waals surface area contributed by atoms with Crippen molar-refractivity contribution in [3.63, 3.8) is 0 Å². The lowest BCUT2D eigenvalue weighted by molar-refractivity contribution is -0.259. The highest BCUT2D eigenvalue weighted by Gasteiger charge is 2.48. The SMILES string of the molecule is CC(=O)NC1C(O)OC(C(=O)O)C(OCc2ccccc2)C1O. The third-order valence-corrected chi connectivity index (χ3v) is 3.49. The van der Waals surface area contributed by atoms with Gasteiger partial charge in [-0.15, -0.1) is 0 Å². The largest absolute Gasteiger partial charge is 0.479 e. The fourth-order valence-electron chi connectivity index (χ4n) is 2.41. The summed E-state index contributed by atoms with van der Waals surface area (Å²) in [6, 6.07) is 7.81. The predicted octanol–water partition coefficient (Wildman–Crippen LogP) is -0.761. The zero-order valence-electron chi connectivity index (χ0n) is 12.5. The number of carboxylic acids is 1. The lowest BCUT2D eigenvalue weighted by atomic mass is 9.96. The molecule has 4 N–H and O–H groups in total. The molecular formula is C15H19NO7. The van der Waals surface area contributed by atoms with E-state index in [2.05, 4.69) is 5.32 Å². The molecule has 5 unspecified atom stereocenters. The Morgan fingerprint density at radius 2 is 1.91 bits per heavy atom. The van der Waals surface area contributed by atoms with Gasteiger partial charge in [0.15, 0.2) is 12.4 Å². The first-order valence-electron chi connectivity index (χ1n) is 7.07. The number of nitrogens with one attached hydrogen (secondary N) is 1. The molecule has 0 aromatic heterocycles. The number of aliphatic carboxylic acids is 1. The Morgan fingerprint density at radius 3 is 2.48 bits per heavy atom. The first kappa shape index (κ1) is 17.4. The van der Waals surface area contributed by atoms with Gasteiger partial charge in [0, 0.05) is 6.92 Å². The third-order valence-electron chi connectivity index (χ3n) is 3.49. The maximum atomic E-state index is 11.3. The number of benzene rings is 1. The minimum Gasteiger partial charge on any atom is -0.479 e. The molecule has 5 atom stereocenters. The van der Waals surface area contributed by atoms with Crippen molar-refractivity contribution in [1.29, 1.82) is 0 Å². The van der Waals surface area contributed by atoms with Crippen molar-refractivity contribution >= 4 is 11.9 Å². The van der Waals surface area contributed by atoms with Crippen molar-refractivity contribution in [3.05, 3.63) is 35.9 Å². The van der Waals surface area contributed by atoms with Gasteiger partial charge in [-0.3, -0.25) is 4.79 Å². The van der Waals surface area contributed by atoms with E-state index in [1.165, 1.54) is 6.92 Å². The Labute approximate surface area is 132 Å². The molecular weight excluding hydrogens is 306 g/mol. The van der Waals surface area contributed by atoms with Crippen molar-refractivity contribution in [1.82, 2.24) is 5.32 Å². The Morgan fingerprint density at radius 1 is 1.26 bits per heavy atom. The van der Waals surface area contributed by atoms with E-state index >= 15 is 0 Å². The van der Waals surface area contributed by atoms with Crippen molar-refractivity contribution in [3.8, 4) is 0 Å². The number of carbonyl (C=O) groups excluding carboxylic acids is 1. The van der Waals surface area contributed by atoms with E-state index in [1.807, 2.05) is 6.07 Å².